The average Bonchev–Trinajstić information content (AvgIpc) is 2.96. The van der Waals surface area contributed by atoms with E-state index in [1.54, 1.807) is 23.5 Å². The Morgan fingerprint density at radius 1 is 1.43 bits per heavy atom. The Labute approximate surface area is 139 Å². The molecule has 122 valence electrons. The number of benzene rings is 1. The molecule has 23 heavy (non-hydrogen) atoms. The molecule has 0 spiro atoms. The Morgan fingerprint density at radius 3 is 2.96 bits per heavy atom. The monoisotopic (exact) mass is 333 g/mol. The van der Waals surface area contributed by atoms with E-state index in [2.05, 4.69) is 17.2 Å². The van der Waals surface area contributed by atoms with Gasteiger partial charge in [-0.2, -0.15) is 0 Å². The number of aromatic nitrogens is 1. The first kappa shape index (κ1) is 16.1. The lowest BCUT2D eigenvalue weighted by atomic mass is 10.1. The van der Waals surface area contributed by atoms with Gasteiger partial charge in [-0.05, 0) is 24.6 Å². The minimum atomic E-state index is -0.232. The molecule has 1 aliphatic rings. The van der Waals surface area contributed by atoms with Gasteiger partial charge in [0.05, 0.1) is 17.1 Å². The Hall–Kier alpha value is -1.79. The molecule has 0 aliphatic carbocycles. The fourth-order valence-corrected chi connectivity index (χ4v) is 3.54. The smallest absolute Gasteiger partial charge is 0.228 e. The van der Waals surface area contributed by atoms with Gasteiger partial charge in [0.1, 0.15) is 5.82 Å². The van der Waals surface area contributed by atoms with Crippen molar-refractivity contribution in [3.63, 3.8) is 0 Å². The molecule has 4 nitrogen and oxygen atoms in total. The van der Waals surface area contributed by atoms with Crippen LogP contribution in [0.15, 0.2) is 29.6 Å². The van der Waals surface area contributed by atoms with Crippen molar-refractivity contribution in [2.24, 2.45) is 0 Å². The second-order valence-corrected chi connectivity index (χ2v) is 6.85. The summed E-state index contributed by atoms with van der Waals surface area (Å²) in [6.45, 7) is 4.45. The molecule has 1 atom stereocenters. The first-order chi connectivity index (χ1) is 11.1. The van der Waals surface area contributed by atoms with Crippen LogP contribution in [-0.2, 0) is 17.6 Å². The number of rotatable bonds is 4. The number of nitrogens with one attached hydrogen (secondary N) is 1. The van der Waals surface area contributed by atoms with Crippen molar-refractivity contribution in [2.75, 3.05) is 19.6 Å². The van der Waals surface area contributed by atoms with Gasteiger partial charge in [0.25, 0.3) is 0 Å². The molecular weight excluding hydrogens is 313 g/mol. The second-order valence-electron chi connectivity index (χ2n) is 5.91. The number of carbonyl (C=O) groups is 1. The third-order valence-electron chi connectivity index (χ3n) is 3.92. The fourth-order valence-electron chi connectivity index (χ4n) is 2.71. The number of amides is 1. The zero-order valence-electron chi connectivity index (χ0n) is 13.1. The molecule has 1 saturated heterocycles. The Kier molecular flexibility index (Phi) is 5.03. The van der Waals surface area contributed by atoms with E-state index < -0.39 is 0 Å². The Morgan fingerprint density at radius 2 is 2.22 bits per heavy atom. The van der Waals surface area contributed by atoms with Crippen LogP contribution >= 0.6 is 11.3 Å². The summed E-state index contributed by atoms with van der Waals surface area (Å²) in [4.78, 5) is 18.8. The van der Waals surface area contributed by atoms with E-state index in [-0.39, 0.29) is 11.7 Å². The number of thiazole rings is 1. The molecule has 1 aromatic carbocycles. The van der Waals surface area contributed by atoms with Gasteiger partial charge >= 0.3 is 0 Å². The highest BCUT2D eigenvalue weighted by Gasteiger charge is 2.21. The first-order valence-corrected chi connectivity index (χ1v) is 8.67. The van der Waals surface area contributed by atoms with E-state index in [0.29, 0.717) is 18.9 Å². The number of hydrogen-bond donors (Lipinski definition) is 1. The Balaban J connectivity index is 1.58. The van der Waals surface area contributed by atoms with E-state index >= 15 is 0 Å². The molecule has 0 unspecified atom stereocenters. The van der Waals surface area contributed by atoms with Gasteiger partial charge in [0.15, 0.2) is 0 Å². The summed E-state index contributed by atoms with van der Waals surface area (Å²) in [6.07, 6.45) is 1.02. The zero-order valence-corrected chi connectivity index (χ0v) is 13.9. The predicted octanol–water partition coefficient (Wildman–Crippen LogP) is 2.24. The highest BCUT2D eigenvalue weighted by molar-refractivity contribution is 7.09. The molecule has 0 saturated carbocycles. The minimum Gasteiger partial charge on any atom is -0.340 e. The van der Waals surface area contributed by atoms with Crippen LogP contribution in [-0.4, -0.2) is 41.5 Å². The van der Waals surface area contributed by atoms with Crippen molar-refractivity contribution in [1.82, 2.24) is 15.2 Å². The van der Waals surface area contributed by atoms with E-state index in [4.69, 9.17) is 0 Å². The van der Waals surface area contributed by atoms with Crippen LogP contribution in [0.3, 0.4) is 0 Å². The molecule has 1 aliphatic heterocycles. The molecule has 3 rings (SSSR count). The third kappa shape index (κ3) is 4.36. The molecule has 1 amide bonds. The summed E-state index contributed by atoms with van der Waals surface area (Å²) in [6, 6.07) is 6.79. The van der Waals surface area contributed by atoms with Crippen LogP contribution in [0.1, 0.15) is 23.2 Å². The van der Waals surface area contributed by atoms with Crippen molar-refractivity contribution in [1.29, 1.82) is 0 Å². The van der Waals surface area contributed by atoms with E-state index in [1.807, 2.05) is 10.3 Å². The Bertz CT molecular complexity index is 671. The lowest BCUT2D eigenvalue weighted by Gasteiger charge is -2.31. The number of nitrogens with zero attached hydrogens (tertiary/aromatic N) is 2. The SMILES string of the molecule is C[C@H]1CN(C(=O)Cc2csc(Cc3ccc(F)cc3)n2)CCN1. The lowest BCUT2D eigenvalue weighted by molar-refractivity contribution is -0.131. The van der Waals surface area contributed by atoms with Crippen molar-refractivity contribution in [2.45, 2.75) is 25.8 Å². The molecule has 0 radical (unpaired) electrons. The molecule has 0 bridgehead atoms. The molecule has 1 aromatic heterocycles. The third-order valence-corrected chi connectivity index (χ3v) is 4.82. The minimum absolute atomic E-state index is 0.136. The van der Waals surface area contributed by atoms with Crippen LogP contribution in [0.25, 0.3) is 0 Å². The molecular formula is C17H20FN3OS. The van der Waals surface area contributed by atoms with Gasteiger partial charge in [-0.15, -0.1) is 11.3 Å². The van der Waals surface area contributed by atoms with E-state index in [9.17, 15) is 9.18 Å². The van der Waals surface area contributed by atoms with Crippen LogP contribution in [0.5, 0.6) is 0 Å². The maximum atomic E-state index is 12.9. The summed E-state index contributed by atoms with van der Waals surface area (Å²) in [5.41, 5.74) is 1.85. The summed E-state index contributed by atoms with van der Waals surface area (Å²) < 4.78 is 12.9. The van der Waals surface area contributed by atoms with E-state index in [0.717, 1.165) is 35.9 Å². The number of carbonyl (C=O) groups excluding carboxylic acids is 1. The highest BCUT2D eigenvalue weighted by atomic mass is 32.1. The van der Waals surface area contributed by atoms with Crippen LogP contribution < -0.4 is 5.32 Å². The van der Waals surface area contributed by atoms with Gasteiger partial charge in [-0.1, -0.05) is 12.1 Å². The van der Waals surface area contributed by atoms with Gasteiger partial charge < -0.3 is 10.2 Å². The van der Waals surface area contributed by atoms with E-state index in [1.165, 1.54) is 12.1 Å². The average molecular weight is 333 g/mol. The number of piperazine rings is 1. The fraction of sp³-hybridized carbons (Fsp3) is 0.412. The summed E-state index contributed by atoms with van der Waals surface area (Å²) in [5, 5.41) is 6.23. The molecule has 1 fully saturated rings. The van der Waals surface area contributed by atoms with Crippen LogP contribution in [0.2, 0.25) is 0 Å². The zero-order chi connectivity index (χ0) is 16.2. The summed E-state index contributed by atoms with van der Waals surface area (Å²) in [7, 11) is 0. The molecule has 6 heteroatoms. The number of hydrogen-bond acceptors (Lipinski definition) is 4. The largest absolute Gasteiger partial charge is 0.340 e. The van der Waals surface area contributed by atoms with Crippen LogP contribution in [0.4, 0.5) is 4.39 Å². The van der Waals surface area contributed by atoms with Crippen LogP contribution in [0, 0.1) is 5.82 Å². The van der Waals surface area contributed by atoms with Gasteiger partial charge in [-0.3, -0.25) is 4.79 Å². The molecule has 2 aromatic rings. The first-order valence-electron chi connectivity index (χ1n) is 7.79. The van der Waals surface area contributed by atoms with Gasteiger partial charge in [-0.25, -0.2) is 9.37 Å². The van der Waals surface area contributed by atoms with Crippen molar-refractivity contribution >= 4 is 17.2 Å². The molecule has 1 N–H and O–H groups in total. The highest BCUT2D eigenvalue weighted by Crippen LogP contribution is 2.16. The summed E-state index contributed by atoms with van der Waals surface area (Å²) >= 11 is 1.55. The quantitative estimate of drug-likeness (QED) is 0.933. The molecule has 2 heterocycles. The van der Waals surface area contributed by atoms with Crippen molar-refractivity contribution < 1.29 is 9.18 Å². The predicted molar refractivity (Wildman–Crippen MR) is 89.1 cm³/mol. The van der Waals surface area contributed by atoms with Crippen molar-refractivity contribution in [3.8, 4) is 0 Å². The standard InChI is InChI=1S/C17H20FN3OS/c1-12-10-21(7-6-19-12)17(22)9-15-11-23-16(20-15)8-13-2-4-14(18)5-3-13/h2-5,11-12,19H,6-10H2,1H3/t12-/m0/s1. The normalized spacial score (nSPS) is 18.2. The van der Waals surface area contributed by atoms with Gasteiger partial charge in [0, 0.05) is 37.5 Å². The lowest BCUT2D eigenvalue weighted by Crippen LogP contribution is -2.51. The van der Waals surface area contributed by atoms with Crippen molar-refractivity contribution in [3.05, 3.63) is 51.7 Å². The maximum Gasteiger partial charge on any atom is 0.228 e. The second kappa shape index (κ2) is 7.19. The summed E-state index contributed by atoms with van der Waals surface area (Å²) in [5.74, 6) is -0.0959. The van der Waals surface area contributed by atoms with Gasteiger partial charge in [0.2, 0.25) is 5.91 Å². The topological polar surface area (TPSA) is 45.2 Å². The maximum absolute atomic E-state index is 12.9. The number of halogens is 1.